The highest BCUT2D eigenvalue weighted by Gasteiger charge is 1.87. The molecule has 0 fully saturated rings. The molecule has 0 radical (unpaired) electrons. The van der Waals surface area contributed by atoms with Crippen LogP contribution in [0, 0.1) is 0 Å². The van der Waals surface area contributed by atoms with E-state index in [0.29, 0.717) is 0 Å². The van der Waals surface area contributed by atoms with E-state index in [0.717, 1.165) is 5.69 Å². The van der Waals surface area contributed by atoms with E-state index in [2.05, 4.69) is 17.5 Å². The van der Waals surface area contributed by atoms with E-state index < -0.39 is 0 Å². The van der Waals surface area contributed by atoms with Gasteiger partial charge >= 0.3 is 0 Å². The van der Waals surface area contributed by atoms with Gasteiger partial charge in [0.15, 0.2) is 0 Å². The zero-order valence-electron chi connectivity index (χ0n) is 4.70. The Balaban J connectivity index is 2.94. The minimum Gasteiger partial charge on any atom is -0.508 e. The summed E-state index contributed by atoms with van der Waals surface area (Å²) in [7, 11) is 0. The fourth-order valence-corrected chi connectivity index (χ4v) is 0.715. The first-order valence-corrected chi connectivity index (χ1v) is 2.97. The van der Waals surface area contributed by atoms with Crippen molar-refractivity contribution in [2.24, 2.45) is 0 Å². The first-order valence-electron chi connectivity index (χ1n) is 2.52. The Morgan fingerprint density at radius 3 is 2.67 bits per heavy atom. The Bertz CT molecular complexity index is 202. The van der Waals surface area contributed by atoms with Gasteiger partial charge in [-0.15, -0.1) is 0 Å². The number of hydrogen-bond donors (Lipinski definition) is 3. The molecular weight excluding hydrogens is 134 g/mol. The lowest BCUT2D eigenvalue weighted by Crippen LogP contribution is -1.76. The molecular formula is C6H7NOS. The summed E-state index contributed by atoms with van der Waals surface area (Å²) in [4.78, 5) is 0. The number of thiol groups is 1. The standard InChI is InChI=1S/C6H7NOS/c8-6-3-1-2-5(4-6)7-9/h1-4,7-9H. The van der Waals surface area contributed by atoms with Crippen molar-refractivity contribution in [3.63, 3.8) is 0 Å². The molecule has 0 unspecified atom stereocenters. The van der Waals surface area contributed by atoms with Gasteiger partial charge in [0.2, 0.25) is 0 Å². The highest BCUT2D eigenvalue weighted by atomic mass is 32.1. The quantitative estimate of drug-likeness (QED) is 0.519. The van der Waals surface area contributed by atoms with Crippen molar-refractivity contribution in [1.82, 2.24) is 0 Å². The molecule has 0 atom stereocenters. The van der Waals surface area contributed by atoms with Crippen LogP contribution in [0.1, 0.15) is 0 Å². The molecule has 0 heterocycles. The molecule has 0 saturated heterocycles. The van der Waals surface area contributed by atoms with E-state index >= 15 is 0 Å². The van der Waals surface area contributed by atoms with Crippen molar-refractivity contribution >= 4 is 18.5 Å². The van der Waals surface area contributed by atoms with Crippen LogP contribution in [0.15, 0.2) is 24.3 Å². The summed E-state index contributed by atoms with van der Waals surface area (Å²) in [5.41, 5.74) is 0.790. The van der Waals surface area contributed by atoms with Crippen molar-refractivity contribution in [2.75, 3.05) is 4.72 Å². The Labute approximate surface area is 59.1 Å². The summed E-state index contributed by atoms with van der Waals surface area (Å²) in [5, 5.41) is 8.87. The molecule has 1 rings (SSSR count). The first-order chi connectivity index (χ1) is 4.33. The number of nitrogens with one attached hydrogen (secondary N) is 1. The lowest BCUT2D eigenvalue weighted by Gasteiger charge is -1.96. The first kappa shape index (κ1) is 6.29. The van der Waals surface area contributed by atoms with E-state index in [1.165, 1.54) is 0 Å². The molecule has 2 nitrogen and oxygen atoms in total. The zero-order chi connectivity index (χ0) is 6.69. The fraction of sp³-hybridized carbons (Fsp3) is 0. The molecule has 0 aromatic heterocycles. The van der Waals surface area contributed by atoms with E-state index in [1.807, 2.05) is 6.07 Å². The molecule has 0 aliphatic carbocycles. The molecule has 0 aliphatic rings. The van der Waals surface area contributed by atoms with Gasteiger partial charge in [-0.05, 0) is 12.1 Å². The molecule has 1 aromatic rings. The van der Waals surface area contributed by atoms with Crippen molar-refractivity contribution < 1.29 is 5.11 Å². The van der Waals surface area contributed by atoms with Crippen molar-refractivity contribution in [3.8, 4) is 5.75 Å². The van der Waals surface area contributed by atoms with Crippen LogP contribution < -0.4 is 4.72 Å². The summed E-state index contributed by atoms with van der Waals surface area (Å²) in [6, 6.07) is 6.75. The highest BCUT2D eigenvalue weighted by molar-refractivity contribution is 7.81. The topological polar surface area (TPSA) is 32.3 Å². The summed E-state index contributed by atoms with van der Waals surface area (Å²) < 4.78 is 2.60. The van der Waals surface area contributed by atoms with Gasteiger partial charge in [0.25, 0.3) is 0 Å². The molecule has 9 heavy (non-hydrogen) atoms. The fourth-order valence-electron chi connectivity index (χ4n) is 0.575. The Kier molecular flexibility index (Phi) is 1.85. The van der Waals surface area contributed by atoms with E-state index in [9.17, 15) is 0 Å². The molecule has 1 aromatic carbocycles. The monoisotopic (exact) mass is 141 g/mol. The highest BCUT2D eigenvalue weighted by Crippen LogP contribution is 2.15. The Hall–Kier alpha value is -0.830. The van der Waals surface area contributed by atoms with Gasteiger partial charge in [-0.1, -0.05) is 18.9 Å². The average Bonchev–Trinajstić information content (AvgIpc) is 1.88. The van der Waals surface area contributed by atoms with Crippen LogP contribution in [-0.2, 0) is 0 Å². The second kappa shape index (κ2) is 2.64. The van der Waals surface area contributed by atoms with E-state index in [-0.39, 0.29) is 5.75 Å². The maximum atomic E-state index is 8.87. The third-order valence-electron chi connectivity index (χ3n) is 0.975. The van der Waals surface area contributed by atoms with Gasteiger partial charge in [-0.2, -0.15) is 0 Å². The number of anilines is 1. The molecule has 0 bridgehead atoms. The van der Waals surface area contributed by atoms with Gasteiger partial charge in [0.1, 0.15) is 5.75 Å². The molecule has 0 aliphatic heterocycles. The Morgan fingerprint density at radius 1 is 1.44 bits per heavy atom. The summed E-state index contributed by atoms with van der Waals surface area (Å²) in [5.74, 6) is 0.244. The lowest BCUT2D eigenvalue weighted by molar-refractivity contribution is 0.475. The molecule has 0 spiro atoms. The predicted octanol–water partition coefficient (Wildman–Crippen LogP) is 1.65. The second-order valence-electron chi connectivity index (χ2n) is 1.66. The maximum Gasteiger partial charge on any atom is 0.117 e. The Morgan fingerprint density at radius 2 is 2.22 bits per heavy atom. The third kappa shape index (κ3) is 1.54. The van der Waals surface area contributed by atoms with Crippen LogP contribution in [-0.4, -0.2) is 5.11 Å². The van der Waals surface area contributed by atoms with Crippen LogP contribution in [0.4, 0.5) is 5.69 Å². The summed E-state index contributed by atoms with van der Waals surface area (Å²) in [6.07, 6.45) is 0. The number of rotatable bonds is 1. The smallest absolute Gasteiger partial charge is 0.117 e. The lowest BCUT2D eigenvalue weighted by atomic mass is 10.3. The molecule has 2 N–H and O–H groups in total. The number of hydrogen-bond acceptors (Lipinski definition) is 3. The van der Waals surface area contributed by atoms with Crippen LogP contribution >= 0.6 is 12.8 Å². The number of phenolic OH excluding ortho intramolecular Hbond substituents is 1. The van der Waals surface area contributed by atoms with Gasteiger partial charge in [0.05, 0.1) is 0 Å². The number of phenols is 1. The maximum absolute atomic E-state index is 8.87. The predicted molar refractivity (Wildman–Crippen MR) is 40.7 cm³/mol. The SMILES string of the molecule is Oc1cccc(NS)c1. The van der Waals surface area contributed by atoms with Crippen LogP contribution in [0.5, 0.6) is 5.75 Å². The summed E-state index contributed by atoms with van der Waals surface area (Å²) in [6.45, 7) is 0. The third-order valence-corrected chi connectivity index (χ3v) is 1.23. The van der Waals surface area contributed by atoms with Crippen molar-refractivity contribution in [3.05, 3.63) is 24.3 Å². The van der Waals surface area contributed by atoms with Crippen LogP contribution in [0.25, 0.3) is 0 Å². The molecule has 3 heteroatoms. The van der Waals surface area contributed by atoms with Gasteiger partial charge in [-0.3, -0.25) is 0 Å². The second-order valence-corrected chi connectivity index (χ2v) is 1.89. The molecule has 0 amide bonds. The number of aromatic hydroxyl groups is 1. The van der Waals surface area contributed by atoms with Gasteiger partial charge in [0, 0.05) is 11.8 Å². The van der Waals surface area contributed by atoms with Crippen molar-refractivity contribution in [1.29, 1.82) is 0 Å². The van der Waals surface area contributed by atoms with E-state index in [1.54, 1.807) is 18.2 Å². The van der Waals surface area contributed by atoms with Crippen molar-refractivity contribution in [2.45, 2.75) is 0 Å². The normalized spacial score (nSPS) is 9.00. The molecule has 48 valence electrons. The minimum absolute atomic E-state index is 0.244. The van der Waals surface area contributed by atoms with Crippen LogP contribution in [0.2, 0.25) is 0 Å². The van der Waals surface area contributed by atoms with Gasteiger partial charge < -0.3 is 9.83 Å². The summed E-state index contributed by atoms with van der Waals surface area (Å²) >= 11 is 3.80. The van der Waals surface area contributed by atoms with Gasteiger partial charge in [-0.25, -0.2) is 0 Å². The largest absolute Gasteiger partial charge is 0.508 e. The van der Waals surface area contributed by atoms with Crippen LogP contribution in [0.3, 0.4) is 0 Å². The number of benzene rings is 1. The zero-order valence-corrected chi connectivity index (χ0v) is 5.60. The minimum atomic E-state index is 0.244. The average molecular weight is 141 g/mol. The van der Waals surface area contributed by atoms with E-state index in [4.69, 9.17) is 5.11 Å². The molecule has 0 saturated carbocycles.